The molecular weight excluding hydrogens is 198 g/mol. The zero-order chi connectivity index (χ0) is 11.2. The van der Waals surface area contributed by atoms with Gasteiger partial charge in [-0.05, 0) is 24.0 Å². The van der Waals surface area contributed by atoms with Crippen LogP contribution < -0.4 is 0 Å². The van der Waals surface area contributed by atoms with E-state index in [9.17, 15) is 0 Å². The molecule has 2 rings (SSSR count). The molecule has 2 aromatic rings. The van der Waals surface area contributed by atoms with E-state index >= 15 is 0 Å². The maximum Gasteiger partial charge on any atom is 0.137 e. The molecule has 0 aliphatic heterocycles. The Labute approximate surface area is 96.1 Å². The van der Waals surface area contributed by atoms with Crippen molar-refractivity contribution < 1.29 is 0 Å². The lowest BCUT2D eigenvalue weighted by molar-refractivity contribution is 0.684. The average Bonchev–Trinajstić information content (AvgIpc) is 2.81. The fraction of sp³-hybridized carbons (Fsp3) is 0.385. The van der Waals surface area contributed by atoms with Crippen molar-refractivity contribution in [2.24, 2.45) is 0 Å². The van der Waals surface area contributed by atoms with Crippen molar-refractivity contribution in [3.8, 4) is 0 Å². The molecule has 84 valence electrons. The van der Waals surface area contributed by atoms with Crippen molar-refractivity contribution in [1.82, 2.24) is 14.8 Å². The topological polar surface area (TPSA) is 30.7 Å². The Morgan fingerprint density at radius 2 is 1.88 bits per heavy atom. The van der Waals surface area contributed by atoms with Crippen molar-refractivity contribution in [3.05, 3.63) is 48.0 Å². The number of rotatable bonds is 5. The number of nitrogens with zero attached hydrogens (tertiary/aromatic N) is 3. The van der Waals surface area contributed by atoms with Crippen LogP contribution >= 0.6 is 0 Å². The maximum absolute atomic E-state index is 4.09. The number of unbranched alkanes of at least 4 members (excludes halogenated alkanes) is 1. The summed E-state index contributed by atoms with van der Waals surface area (Å²) in [5.74, 6) is 0. The van der Waals surface area contributed by atoms with E-state index in [1.807, 2.05) is 4.68 Å². The molecule has 0 bridgehead atoms. The Morgan fingerprint density at radius 1 is 1.12 bits per heavy atom. The third kappa shape index (κ3) is 2.92. The quantitative estimate of drug-likeness (QED) is 0.767. The normalized spacial score (nSPS) is 10.6. The second kappa shape index (κ2) is 5.45. The fourth-order valence-corrected chi connectivity index (χ4v) is 1.69. The van der Waals surface area contributed by atoms with Gasteiger partial charge in [0.15, 0.2) is 0 Å². The largest absolute Gasteiger partial charge is 0.249 e. The highest BCUT2D eigenvalue weighted by Crippen LogP contribution is 2.08. The van der Waals surface area contributed by atoms with E-state index in [1.54, 1.807) is 12.7 Å². The Bertz CT molecular complexity index is 403. The van der Waals surface area contributed by atoms with E-state index in [2.05, 4.69) is 41.3 Å². The molecule has 0 aliphatic rings. The highest BCUT2D eigenvalue weighted by Gasteiger charge is 1.96. The third-order valence-corrected chi connectivity index (χ3v) is 2.65. The molecule has 0 saturated carbocycles. The van der Waals surface area contributed by atoms with Crippen LogP contribution in [-0.2, 0) is 13.0 Å². The molecule has 1 aromatic carbocycles. The second-order valence-electron chi connectivity index (χ2n) is 4.01. The van der Waals surface area contributed by atoms with Gasteiger partial charge in [0.25, 0.3) is 0 Å². The van der Waals surface area contributed by atoms with Crippen LogP contribution in [0.1, 0.15) is 30.9 Å². The predicted octanol–water partition coefficient (Wildman–Crippen LogP) is 2.67. The van der Waals surface area contributed by atoms with Gasteiger partial charge < -0.3 is 0 Å². The van der Waals surface area contributed by atoms with E-state index in [-0.39, 0.29) is 0 Å². The molecule has 0 aliphatic carbocycles. The van der Waals surface area contributed by atoms with Crippen LogP contribution in [0.25, 0.3) is 0 Å². The molecule has 0 radical (unpaired) electrons. The molecule has 0 N–H and O–H groups in total. The molecule has 0 fully saturated rings. The minimum absolute atomic E-state index is 0.800. The molecule has 0 amide bonds. The van der Waals surface area contributed by atoms with Gasteiger partial charge in [-0.15, -0.1) is 0 Å². The molecule has 1 heterocycles. The predicted molar refractivity (Wildman–Crippen MR) is 64.2 cm³/mol. The van der Waals surface area contributed by atoms with Gasteiger partial charge in [0, 0.05) is 0 Å². The Balaban J connectivity index is 1.96. The van der Waals surface area contributed by atoms with Gasteiger partial charge in [0.05, 0.1) is 6.54 Å². The zero-order valence-corrected chi connectivity index (χ0v) is 9.63. The number of benzene rings is 1. The zero-order valence-electron chi connectivity index (χ0n) is 9.63. The van der Waals surface area contributed by atoms with Crippen LogP contribution in [0.4, 0.5) is 0 Å². The van der Waals surface area contributed by atoms with Crippen LogP contribution in [0.2, 0.25) is 0 Å². The highest BCUT2D eigenvalue weighted by molar-refractivity contribution is 5.22. The minimum atomic E-state index is 0.800. The summed E-state index contributed by atoms with van der Waals surface area (Å²) >= 11 is 0. The number of hydrogen-bond donors (Lipinski definition) is 0. The summed E-state index contributed by atoms with van der Waals surface area (Å²) in [6.07, 6.45) is 7.00. The first-order chi connectivity index (χ1) is 7.88. The van der Waals surface area contributed by atoms with Gasteiger partial charge in [-0.2, -0.15) is 5.10 Å². The number of aryl methyl sites for hydroxylation is 1. The lowest BCUT2D eigenvalue weighted by atomic mass is 10.1. The molecule has 1 aromatic heterocycles. The van der Waals surface area contributed by atoms with E-state index in [0.29, 0.717) is 0 Å². The standard InChI is InChI=1S/C13H17N3/c1-2-3-4-12-5-7-13(8-6-12)9-16-11-14-10-15-16/h5-8,10-11H,2-4,9H2,1H3. The van der Waals surface area contributed by atoms with Gasteiger partial charge in [-0.25, -0.2) is 9.67 Å². The Hall–Kier alpha value is -1.64. The minimum Gasteiger partial charge on any atom is -0.249 e. The molecule has 0 spiro atoms. The van der Waals surface area contributed by atoms with Crippen LogP contribution in [0, 0.1) is 0 Å². The summed E-state index contributed by atoms with van der Waals surface area (Å²) in [5.41, 5.74) is 2.69. The smallest absolute Gasteiger partial charge is 0.137 e. The van der Waals surface area contributed by atoms with Crippen molar-refractivity contribution in [3.63, 3.8) is 0 Å². The van der Waals surface area contributed by atoms with Crippen molar-refractivity contribution in [2.75, 3.05) is 0 Å². The first kappa shape index (κ1) is 10.9. The Kier molecular flexibility index (Phi) is 3.70. The van der Waals surface area contributed by atoms with Crippen molar-refractivity contribution >= 4 is 0 Å². The van der Waals surface area contributed by atoms with Gasteiger partial charge in [0.1, 0.15) is 12.7 Å². The lowest BCUT2D eigenvalue weighted by Gasteiger charge is -2.03. The van der Waals surface area contributed by atoms with Crippen LogP contribution in [0.5, 0.6) is 0 Å². The van der Waals surface area contributed by atoms with Crippen LogP contribution in [0.15, 0.2) is 36.9 Å². The molecule has 3 heteroatoms. The van der Waals surface area contributed by atoms with Gasteiger partial charge in [-0.3, -0.25) is 0 Å². The Morgan fingerprint density at radius 3 is 2.50 bits per heavy atom. The molecule has 16 heavy (non-hydrogen) atoms. The van der Waals surface area contributed by atoms with E-state index < -0.39 is 0 Å². The molecule has 0 unspecified atom stereocenters. The fourth-order valence-electron chi connectivity index (χ4n) is 1.69. The van der Waals surface area contributed by atoms with Crippen molar-refractivity contribution in [2.45, 2.75) is 32.7 Å². The summed E-state index contributed by atoms with van der Waals surface area (Å²) in [6.45, 7) is 3.02. The number of hydrogen-bond acceptors (Lipinski definition) is 2. The summed E-state index contributed by atoms with van der Waals surface area (Å²) in [4.78, 5) is 3.93. The molecule has 3 nitrogen and oxygen atoms in total. The summed E-state index contributed by atoms with van der Waals surface area (Å²) in [6, 6.07) is 8.77. The first-order valence-corrected chi connectivity index (χ1v) is 5.78. The third-order valence-electron chi connectivity index (χ3n) is 2.65. The second-order valence-corrected chi connectivity index (χ2v) is 4.01. The first-order valence-electron chi connectivity index (χ1n) is 5.78. The SMILES string of the molecule is CCCCc1ccc(Cn2cncn2)cc1. The molecule has 0 saturated heterocycles. The average molecular weight is 215 g/mol. The van der Waals surface area contributed by atoms with Gasteiger partial charge in [-0.1, -0.05) is 37.6 Å². The number of aromatic nitrogens is 3. The van der Waals surface area contributed by atoms with Gasteiger partial charge >= 0.3 is 0 Å². The van der Waals surface area contributed by atoms with Crippen molar-refractivity contribution in [1.29, 1.82) is 0 Å². The van der Waals surface area contributed by atoms with E-state index in [4.69, 9.17) is 0 Å². The molecule has 0 atom stereocenters. The van der Waals surface area contributed by atoms with E-state index in [0.717, 1.165) is 6.54 Å². The summed E-state index contributed by atoms with van der Waals surface area (Å²) in [5, 5.41) is 4.09. The molecular formula is C13H17N3. The lowest BCUT2D eigenvalue weighted by Crippen LogP contribution is -1.99. The summed E-state index contributed by atoms with van der Waals surface area (Å²) in [7, 11) is 0. The highest BCUT2D eigenvalue weighted by atomic mass is 15.3. The van der Waals surface area contributed by atoms with Gasteiger partial charge in [0.2, 0.25) is 0 Å². The van der Waals surface area contributed by atoms with Crippen LogP contribution in [0.3, 0.4) is 0 Å². The monoisotopic (exact) mass is 215 g/mol. The van der Waals surface area contributed by atoms with Crippen LogP contribution in [-0.4, -0.2) is 14.8 Å². The maximum atomic E-state index is 4.09. The van der Waals surface area contributed by atoms with E-state index in [1.165, 1.54) is 30.4 Å². The summed E-state index contributed by atoms with van der Waals surface area (Å²) < 4.78 is 1.83.